The maximum absolute atomic E-state index is 13.0. The summed E-state index contributed by atoms with van der Waals surface area (Å²) in [6.45, 7) is 5.63. The summed E-state index contributed by atoms with van der Waals surface area (Å²) >= 11 is 9.53. The number of nitrogens with zero attached hydrogens (tertiary/aromatic N) is 1. The van der Waals surface area contributed by atoms with Gasteiger partial charge in [0.25, 0.3) is 0 Å². The van der Waals surface area contributed by atoms with Crippen molar-refractivity contribution in [2.45, 2.75) is 57.5 Å². The molecule has 6 heteroatoms. The average molecular weight is 420 g/mol. The van der Waals surface area contributed by atoms with Crippen molar-refractivity contribution >= 4 is 23.2 Å². The van der Waals surface area contributed by atoms with Crippen LogP contribution in [0.4, 0.5) is 4.39 Å². The summed E-state index contributed by atoms with van der Waals surface area (Å²) in [6, 6.07) is 7.87. The molecule has 1 fully saturated rings. The number of nitrogens with two attached hydrogens (primary N) is 1. The van der Waals surface area contributed by atoms with Gasteiger partial charge < -0.3 is 16.0 Å². The van der Waals surface area contributed by atoms with Crippen LogP contribution in [-0.2, 0) is 6.42 Å². The number of rotatable bonds is 9. The second-order valence-electron chi connectivity index (χ2n) is 7.36. The summed E-state index contributed by atoms with van der Waals surface area (Å²) in [7, 11) is 2.08. The first-order valence-electron chi connectivity index (χ1n) is 10.1. The molecule has 3 N–H and O–H groups in total. The Labute approximate surface area is 174 Å². The zero-order valence-electron chi connectivity index (χ0n) is 16.8. The maximum atomic E-state index is 13.0. The molecule has 0 aliphatic heterocycles. The van der Waals surface area contributed by atoms with E-state index in [1.807, 2.05) is 12.1 Å². The van der Waals surface area contributed by atoms with Crippen LogP contribution < -0.4 is 11.1 Å². The van der Waals surface area contributed by atoms with Crippen molar-refractivity contribution in [3.8, 4) is 0 Å². The second kappa shape index (κ2) is 14.6. The molecule has 1 saturated carbocycles. The Morgan fingerprint density at radius 2 is 1.85 bits per heavy atom. The van der Waals surface area contributed by atoms with E-state index in [2.05, 4.69) is 24.2 Å². The van der Waals surface area contributed by atoms with Crippen LogP contribution >= 0.6 is 23.2 Å². The fraction of sp³-hybridized carbons (Fsp3) is 0.714. The minimum Gasteiger partial charge on any atom is -0.328 e. The van der Waals surface area contributed by atoms with Gasteiger partial charge in [0.15, 0.2) is 0 Å². The average Bonchev–Trinajstić information content (AvgIpc) is 2.64. The van der Waals surface area contributed by atoms with Crippen LogP contribution in [0.1, 0.15) is 44.6 Å². The van der Waals surface area contributed by atoms with Gasteiger partial charge in [-0.05, 0) is 82.3 Å². The van der Waals surface area contributed by atoms with Gasteiger partial charge >= 0.3 is 0 Å². The summed E-state index contributed by atoms with van der Waals surface area (Å²) in [5, 5.41) is 3.69. The number of halogens is 3. The minimum absolute atomic E-state index is 0.155. The van der Waals surface area contributed by atoms with Crippen molar-refractivity contribution in [2.75, 3.05) is 32.0 Å². The fourth-order valence-corrected chi connectivity index (χ4v) is 3.98. The quantitative estimate of drug-likeness (QED) is 0.574. The number of benzene rings is 1. The lowest BCUT2D eigenvalue weighted by atomic mass is 9.81. The zero-order valence-corrected chi connectivity index (χ0v) is 18.3. The monoisotopic (exact) mass is 419 g/mol. The highest BCUT2D eigenvalue weighted by molar-refractivity contribution is 6.40. The normalized spacial score (nSPS) is 22.4. The Bertz CT molecular complexity index is 487. The summed E-state index contributed by atoms with van der Waals surface area (Å²) in [4.78, 5) is 2.59. The number of alkyl halides is 2. The lowest BCUT2D eigenvalue weighted by Crippen LogP contribution is -2.47. The predicted octanol–water partition coefficient (Wildman–Crippen LogP) is 4.61. The fourth-order valence-electron chi connectivity index (χ4n) is 3.98. The summed E-state index contributed by atoms with van der Waals surface area (Å²) in [6.07, 6.45) is 6.77. The van der Waals surface area contributed by atoms with Crippen molar-refractivity contribution in [1.29, 1.82) is 0 Å². The minimum atomic E-state index is -0.155. The third-order valence-corrected chi connectivity index (χ3v) is 5.28. The van der Waals surface area contributed by atoms with Crippen molar-refractivity contribution in [1.82, 2.24) is 10.2 Å². The molecule has 0 bridgehead atoms. The highest BCUT2D eigenvalue weighted by Gasteiger charge is 2.29. The molecule has 0 spiro atoms. The highest BCUT2D eigenvalue weighted by atomic mass is 35.5. The van der Waals surface area contributed by atoms with E-state index < -0.39 is 0 Å². The van der Waals surface area contributed by atoms with Gasteiger partial charge in [0, 0.05) is 18.6 Å². The topological polar surface area (TPSA) is 41.3 Å². The number of aryl methyl sites for hydroxylation is 1. The SMILES string of the molecule is CCCN(CCCc1ccc(F)cc1)C[C@@H]1C[C@H](N)CC[C@H]1NC.ClCCl. The Morgan fingerprint density at radius 1 is 1.19 bits per heavy atom. The third kappa shape index (κ3) is 10.1. The lowest BCUT2D eigenvalue weighted by molar-refractivity contribution is 0.161. The van der Waals surface area contributed by atoms with E-state index in [1.54, 1.807) is 12.1 Å². The van der Waals surface area contributed by atoms with E-state index in [4.69, 9.17) is 28.9 Å². The number of hydrogen-bond acceptors (Lipinski definition) is 3. The molecule has 3 atom stereocenters. The first-order chi connectivity index (χ1) is 13.0. The molecule has 0 heterocycles. The van der Waals surface area contributed by atoms with Gasteiger partial charge in [-0.1, -0.05) is 19.1 Å². The van der Waals surface area contributed by atoms with E-state index in [-0.39, 0.29) is 11.2 Å². The Kier molecular flexibility index (Phi) is 13.3. The molecule has 1 aliphatic rings. The van der Waals surface area contributed by atoms with Crippen molar-refractivity contribution < 1.29 is 4.39 Å². The van der Waals surface area contributed by atoms with E-state index in [9.17, 15) is 4.39 Å². The summed E-state index contributed by atoms with van der Waals surface area (Å²) in [5.74, 6) is 0.495. The van der Waals surface area contributed by atoms with Gasteiger partial charge in [0.2, 0.25) is 0 Å². The van der Waals surface area contributed by atoms with E-state index in [1.165, 1.54) is 18.4 Å². The molecular formula is C21H36Cl2FN3. The van der Waals surface area contributed by atoms with Crippen molar-refractivity contribution in [2.24, 2.45) is 11.7 Å². The highest BCUT2D eigenvalue weighted by Crippen LogP contribution is 2.25. The molecule has 0 aromatic heterocycles. The molecule has 1 aromatic rings. The van der Waals surface area contributed by atoms with Gasteiger partial charge in [0.05, 0.1) is 5.34 Å². The predicted molar refractivity (Wildman–Crippen MR) is 116 cm³/mol. The smallest absolute Gasteiger partial charge is 0.123 e. The molecule has 0 unspecified atom stereocenters. The molecule has 0 saturated heterocycles. The molecule has 0 radical (unpaired) electrons. The number of nitrogens with one attached hydrogen (secondary N) is 1. The molecule has 27 heavy (non-hydrogen) atoms. The van der Waals surface area contributed by atoms with Crippen LogP contribution in [0.15, 0.2) is 24.3 Å². The van der Waals surface area contributed by atoms with Gasteiger partial charge in [-0.15, -0.1) is 23.2 Å². The zero-order chi connectivity index (χ0) is 20.1. The lowest BCUT2D eigenvalue weighted by Gasteiger charge is -2.38. The molecular weight excluding hydrogens is 384 g/mol. The van der Waals surface area contributed by atoms with Gasteiger partial charge in [-0.25, -0.2) is 4.39 Å². The molecule has 156 valence electrons. The molecule has 2 rings (SSSR count). The number of hydrogen-bond donors (Lipinski definition) is 2. The largest absolute Gasteiger partial charge is 0.328 e. The Morgan fingerprint density at radius 3 is 2.44 bits per heavy atom. The molecule has 1 aliphatic carbocycles. The second-order valence-corrected chi connectivity index (χ2v) is 8.17. The van der Waals surface area contributed by atoms with Crippen LogP contribution in [0.5, 0.6) is 0 Å². The first kappa shape index (κ1) is 24.6. The van der Waals surface area contributed by atoms with Crippen molar-refractivity contribution in [3.63, 3.8) is 0 Å². The standard InChI is InChI=1S/C20H34FN3.CH2Cl2/c1-3-12-24(13-4-5-16-6-8-18(21)9-7-16)15-17-14-19(22)10-11-20(17)23-2;2-1-3/h6-9,17,19-20,23H,3-5,10-15,22H2,1-2H3;1H2/t17-,19+,20+;/m0./s1. The summed E-state index contributed by atoms with van der Waals surface area (Å²) in [5.41, 5.74) is 7.43. The summed E-state index contributed by atoms with van der Waals surface area (Å²) < 4.78 is 13.0. The molecule has 0 amide bonds. The van der Waals surface area contributed by atoms with E-state index >= 15 is 0 Å². The molecule has 3 nitrogen and oxygen atoms in total. The van der Waals surface area contributed by atoms with Crippen LogP contribution in [-0.4, -0.2) is 49.0 Å². The molecule has 1 aromatic carbocycles. The third-order valence-electron chi connectivity index (χ3n) is 5.28. The maximum Gasteiger partial charge on any atom is 0.123 e. The Balaban J connectivity index is 0.00000114. The van der Waals surface area contributed by atoms with Gasteiger partial charge in [0.1, 0.15) is 5.82 Å². The van der Waals surface area contributed by atoms with Crippen LogP contribution in [0, 0.1) is 11.7 Å². The van der Waals surface area contributed by atoms with Crippen LogP contribution in [0.25, 0.3) is 0 Å². The van der Waals surface area contributed by atoms with Gasteiger partial charge in [-0.2, -0.15) is 0 Å². The van der Waals surface area contributed by atoms with E-state index in [0.717, 1.165) is 45.3 Å². The van der Waals surface area contributed by atoms with Crippen molar-refractivity contribution in [3.05, 3.63) is 35.6 Å². The van der Waals surface area contributed by atoms with E-state index in [0.29, 0.717) is 18.0 Å². The Hall–Kier alpha value is -0.390. The van der Waals surface area contributed by atoms with Gasteiger partial charge in [-0.3, -0.25) is 0 Å². The van der Waals surface area contributed by atoms with Crippen LogP contribution in [0.3, 0.4) is 0 Å². The first-order valence-corrected chi connectivity index (χ1v) is 11.1. The van der Waals surface area contributed by atoms with Crippen LogP contribution in [0.2, 0.25) is 0 Å².